The predicted molar refractivity (Wildman–Crippen MR) is 72.9 cm³/mol. The Bertz CT molecular complexity index is 412. The Morgan fingerprint density at radius 1 is 1.56 bits per heavy atom. The van der Waals surface area contributed by atoms with Gasteiger partial charge in [-0.05, 0) is 38.0 Å². The molecule has 0 aliphatic rings. The van der Waals surface area contributed by atoms with Crippen LogP contribution in [0.1, 0.15) is 30.1 Å². The number of nitrogens with one attached hydrogen (secondary N) is 1. The summed E-state index contributed by atoms with van der Waals surface area (Å²) >= 11 is 3.34. The Kier molecular flexibility index (Phi) is 6.12. The van der Waals surface area contributed by atoms with Crippen LogP contribution < -0.4 is 10.1 Å². The third kappa shape index (κ3) is 4.29. The molecule has 0 fully saturated rings. The molecule has 1 aromatic carbocycles. The molecule has 5 heteroatoms. The number of carbonyl (C=O) groups excluding carboxylic acids is 1. The van der Waals surface area contributed by atoms with Gasteiger partial charge >= 0.3 is 0 Å². The van der Waals surface area contributed by atoms with Crippen molar-refractivity contribution in [2.45, 2.75) is 25.8 Å². The molecule has 0 saturated carbocycles. The molecular formula is C13H17BrFNO2. The molecule has 1 atom stereocenters. The summed E-state index contributed by atoms with van der Waals surface area (Å²) in [6.07, 6.45) is 1.87. The van der Waals surface area contributed by atoms with Crippen LogP contribution in [0.25, 0.3) is 0 Å². The molecule has 1 aromatic rings. The number of rotatable bonds is 6. The largest absolute Gasteiger partial charge is 0.494 e. The van der Waals surface area contributed by atoms with Gasteiger partial charge in [-0.15, -0.1) is 0 Å². The third-order valence-corrected chi connectivity index (χ3v) is 3.12. The van der Waals surface area contributed by atoms with Gasteiger partial charge in [0.2, 0.25) is 0 Å². The van der Waals surface area contributed by atoms with Gasteiger partial charge in [0.05, 0.1) is 7.11 Å². The van der Waals surface area contributed by atoms with E-state index in [1.807, 2.05) is 6.92 Å². The first kappa shape index (κ1) is 15.0. The van der Waals surface area contributed by atoms with Crippen molar-refractivity contribution in [2.75, 3.05) is 12.4 Å². The van der Waals surface area contributed by atoms with Gasteiger partial charge in [0.1, 0.15) is 0 Å². The summed E-state index contributed by atoms with van der Waals surface area (Å²) in [5, 5.41) is 3.74. The molecule has 0 aliphatic carbocycles. The van der Waals surface area contributed by atoms with Crippen LogP contribution in [0.3, 0.4) is 0 Å². The van der Waals surface area contributed by atoms with E-state index in [1.54, 1.807) is 6.07 Å². The van der Waals surface area contributed by atoms with Crippen LogP contribution in [-0.4, -0.2) is 24.4 Å². The number of carbonyl (C=O) groups is 1. The fraction of sp³-hybridized carbons (Fsp3) is 0.462. The number of methoxy groups -OCH3 is 1. The second-order valence-corrected chi connectivity index (χ2v) is 4.85. The number of amides is 1. The topological polar surface area (TPSA) is 38.3 Å². The highest BCUT2D eigenvalue weighted by atomic mass is 79.9. The number of ether oxygens (including phenoxy) is 1. The molecule has 0 aliphatic heterocycles. The fourth-order valence-corrected chi connectivity index (χ4v) is 1.89. The van der Waals surface area contributed by atoms with Crippen molar-refractivity contribution < 1.29 is 13.9 Å². The summed E-state index contributed by atoms with van der Waals surface area (Å²) < 4.78 is 18.2. The van der Waals surface area contributed by atoms with Crippen LogP contribution >= 0.6 is 15.9 Å². The van der Waals surface area contributed by atoms with E-state index in [2.05, 4.69) is 21.2 Å². The van der Waals surface area contributed by atoms with E-state index >= 15 is 0 Å². The molecule has 0 saturated heterocycles. The van der Waals surface area contributed by atoms with Crippen molar-refractivity contribution in [3.05, 3.63) is 29.6 Å². The molecule has 3 nitrogen and oxygen atoms in total. The van der Waals surface area contributed by atoms with Gasteiger partial charge in [-0.2, -0.15) is 0 Å². The maximum Gasteiger partial charge on any atom is 0.251 e. The first-order chi connectivity index (χ1) is 8.58. The van der Waals surface area contributed by atoms with E-state index in [0.29, 0.717) is 5.56 Å². The maximum atomic E-state index is 13.4. The van der Waals surface area contributed by atoms with Crippen molar-refractivity contribution in [3.8, 4) is 5.75 Å². The van der Waals surface area contributed by atoms with Gasteiger partial charge in [-0.3, -0.25) is 4.79 Å². The smallest absolute Gasteiger partial charge is 0.251 e. The van der Waals surface area contributed by atoms with E-state index in [1.165, 1.54) is 19.2 Å². The lowest BCUT2D eigenvalue weighted by Crippen LogP contribution is -2.32. The van der Waals surface area contributed by atoms with E-state index in [-0.39, 0.29) is 17.7 Å². The zero-order chi connectivity index (χ0) is 13.5. The molecule has 0 spiro atoms. The highest BCUT2D eigenvalue weighted by Gasteiger charge is 2.12. The van der Waals surface area contributed by atoms with Gasteiger partial charge in [0.15, 0.2) is 11.6 Å². The Balaban J connectivity index is 2.64. The minimum absolute atomic E-state index is 0.0696. The Morgan fingerprint density at radius 3 is 2.83 bits per heavy atom. The van der Waals surface area contributed by atoms with Crippen LogP contribution in [0.5, 0.6) is 5.75 Å². The second kappa shape index (κ2) is 7.36. The molecule has 1 unspecified atom stereocenters. The third-order valence-electron chi connectivity index (χ3n) is 2.56. The van der Waals surface area contributed by atoms with Crippen molar-refractivity contribution in [1.29, 1.82) is 0 Å². The zero-order valence-electron chi connectivity index (χ0n) is 10.5. The molecule has 1 rings (SSSR count). The molecule has 1 N–H and O–H groups in total. The summed E-state index contributed by atoms with van der Waals surface area (Å²) in [5.41, 5.74) is 0.305. The van der Waals surface area contributed by atoms with Crippen molar-refractivity contribution >= 4 is 21.8 Å². The Hall–Kier alpha value is -1.10. The van der Waals surface area contributed by atoms with Crippen molar-refractivity contribution in [2.24, 2.45) is 0 Å². The SMILES string of the molecule is COc1ccc(C(=O)NC(C)CCCBr)cc1F. The van der Waals surface area contributed by atoms with Gasteiger partial charge in [-0.25, -0.2) is 4.39 Å². The summed E-state index contributed by atoms with van der Waals surface area (Å²) in [5.74, 6) is -0.657. The zero-order valence-corrected chi connectivity index (χ0v) is 12.1. The number of benzene rings is 1. The average Bonchev–Trinajstić information content (AvgIpc) is 2.36. The van der Waals surface area contributed by atoms with Gasteiger partial charge in [0, 0.05) is 16.9 Å². The monoisotopic (exact) mass is 317 g/mol. The van der Waals surface area contributed by atoms with Gasteiger partial charge in [-0.1, -0.05) is 15.9 Å². The summed E-state index contributed by atoms with van der Waals surface area (Å²) in [6.45, 7) is 1.93. The standard InChI is InChI=1S/C13H17BrFNO2/c1-9(4-3-7-14)16-13(17)10-5-6-12(18-2)11(15)8-10/h5-6,8-9H,3-4,7H2,1-2H3,(H,16,17). The fourth-order valence-electron chi connectivity index (χ4n) is 1.57. The van der Waals surface area contributed by atoms with E-state index < -0.39 is 5.82 Å². The molecule has 1 amide bonds. The summed E-state index contributed by atoms with van der Waals surface area (Å²) in [6, 6.07) is 4.26. The van der Waals surface area contributed by atoms with Gasteiger partial charge in [0.25, 0.3) is 5.91 Å². The number of halogens is 2. The quantitative estimate of drug-likeness (QED) is 0.819. The normalized spacial score (nSPS) is 12.0. The lowest BCUT2D eigenvalue weighted by atomic mass is 10.1. The highest BCUT2D eigenvalue weighted by molar-refractivity contribution is 9.09. The molecule has 0 heterocycles. The first-order valence-corrected chi connectivity index (χ1v) is 6.91. The molecule has 0 aromatic heterocycles. The lowest BCUT2D eigenvalue weighted by molar-refractivity contribution is 0.0938. The predicted octanol–water partition coefficient (Wildman–Crippen LogP) is 3.13. The first-order valence-electron chi connectivity index (χ1n) is 5.79. The van der Waals surface area contributed by atoms with Crippen molar-refractivity contribution in [3.63, 3.8) is 0 Å². The molecule has 18 heavy (non-hydrogen) atoms. The van der Waals surface area contributed by atoms with E-state index in [4.69, 9.17) is 4.74 Å². The molecule has 100 valence electrons. The summed E-state index contributed by atoms with van der Waals surface area (Å²) in [4.78, 5) is 11.8. The van der Waals surface area contributed by atoms with Crippen LogP contribution in [0.2, 0.25) is 0 Å². The molecule has 0 radical (unpaired) electrons. The Morgan fingerprint density at radius 2 is 2.28 bits per heavy atom. The van der Waals surface area contributed by atoms with Crippen LogP contribution in [0, 0.1) is 5.82 Å². The number of hydrogen-bond acceptors (Lipinski definition) is 2. The summed E-state index contributed by atoms with van der Waals surface area (Å²) in [7, 11) is 1.39. The minimum atomic E-state index is -0.529. The van der Waals surface area contributed by atoms with Crippen LogP contribution in [-0.2, 0) is 0 Å². The highest BCUT2D eigenvalue weighted by Crippen LogP contribution is 2.17. The van der Waals surface area contributed by atoms with E-state index in [9.17, 15) is 9.18 Å². The maximum absolute atomic E-state index is 13.4. The minimum Gasteiger partial charge on any atom is -0.494 e. The van der Waals surface area contributed by atoms with E-state index in [0.717, 1.165) is 18.2 Å². The lowest BCUT2D eigenvalue weighted by Gasteiger charge is -2.13. The van der Waals surface area contributed by atoms with Crippen molar-refractivity contribution in [1.82, 2.24) is 5.32 Å². The number of hydrogen-bond donors (Lipinski definition) is 1. The molecule has 0 bridgehead atoms. The van der Waals surface area contributed by atoms with Crippen LogP contribution in [0.4, 0.5) is 4.39 Å². The molecular weight excluding hydrogens is 301 g/mol. The Labute approximate surface area is 115 Å². The van der Waals surface area contributed by atoms with Gasteiger partial charge < -0.3 is 10.1 Å². The number of alkyl halides is 1. The average molecular weight is 318 g/mol. The van der Waals surface area contributed by atoms with Crippen LogP contribution in [0.15, 0.2) is 18.2 Å². The second-order valence-electron chi connectivity index (χ2n) is 4.06.